The van der Waals surface area contributed by atoms with Gasteiger partial charge in [-0.2, -0.15) is 5.26 Å². The van der Waals surface area contributed by atoms with Gasteiger partial charge in [0.1, 0.15) is 57.7 Å². The van der Waals surface area contributed by atoms with Crippen LogP contribution in [0.3, 0.4) is 0 Å². The summed E-state index contributed by atoms with van der Waals surface area (Å²) in [6.07, 6.45) is 7.14. The van der Waals surface area contributed by atoms with E-state index in [1.165, 1.54) is 118 Å². The molecule has 9 aromatic rings. The molecule has 0 radical (unpaired) electrons. The number of amides is 6. The summed E-state index contributed by atoms with van der Waals surface area (Å²) < 4.78 is 24.9. The lowest BCUT2D eigenvalue weighted by Crippen LogP contribution is -2.33. The van der Waals surface area contributed by atoms with Crippen LogP contribution in [0.1, 0.15) is 238 Å². The molecule has 730 valence electrons. The molecule has 34 heteroatoms. The third kappa shape index (κ3) is 47.8. The predicted octanol–water partition coefficient (Wildman–Crippen LogP) is 17.2. The number of phenols is 7. The van der Waals surface area contributed by atoms with Gasteiger partial charge >= 0.3 is 12.2 Å². The monoisotopic (exact) mass is 1930 g/mol. The van der Waals surface area contributed by atoms with E-state index < -0.39 is 47.8 Å². The number of ether oxygens (including phenoxy) is 5. The Morgan fingerprint density at radius 2 is 0.719 bits per heavy atom. The number of aromatic hydroxyl groups is 7. The number of rotatable bonds is 22. The Morgan fingerprint density at radius 3 is 1.01 bits per heavy atom. The standard InChI is InChI=1S/C17H15NO4.C17H13NO4.C14H21NO4.C14H19NO4.C9H13NO2.C9H9NO2.C7H6O2.3C4H8O.CH2Cl2.CH3Cl/c2*19-12-5-3-4-11(10-12)15(20)8-9-18-16(21)13-6-1-2-7-14(13)17(18)22;2*1-14(2,3)19-13(18)15-8-7-12(17)10-5-4-6-11(16)9-10;2*10-5-4-9(12)7-2-1-3-8(11)6-7;8-5-6-2-1-3-7(9)4-6;3*1-2-4-5-3-1;2-1-3;1-2/h1-7,10,15,19-20H,8-9H2;1-7,10,19H,8-9H2;4-6,9,12,16-17H,7-8H2,1-3H3,(H,15,18);4-6,9,16H,7-8H2,1-3H3,(H,15,18);1-3,6,9,11-12H,4-5,10H2;1-3,6,9,11-12H,4H2;1-5,9H;3*1-4H2;1H2;1H3/t15-;;;;;;;;;;;/m1.........../s1. The van der Waals surface area contributed by atoms with Crippen LogP contribution in [0.2, 0.25) is 0 Å². The number of hydrogen-bond donors (Lipinski definition) is 14. The maximum absolute atomic E-state index is 12.2. The quantitative estimate of drug-likeness (QED) is 0.0130. The van der Waals surface area contributed by atoms with Gasteiger partial charge in [-0.3, -0.25) is 43.4 Å². The molecule has 31 nitrogen and oxygen atoms in total. The number of carbonyl (C=O) groups is 9. The first kappa shape index (κ1) is 117. The van der Waals surface area contributed by atoms with Gasteiger partial charge < -0.3 is 96.2 Å². The topological polar surface area (TPSA) is 503 Å². The van der Waals surface area contributed by atoms with Crippen LogP contribution in [0, 0.1) is 11.3 Å². The Morgan fingerprint density at radius 1 is 0.422 bits per heavy atom. The Bertz CT molecular complexity index is 5010. The van der Waals surface area contributed by atoms with Crippen LogP contribution in [0.4, 0.5) is 9.59 Å². The van der Waals surface area contributed by atoms with E-state index >= 15 is 0 Å². The highest BCUT2D eigenvalue weighted by atomic mass is 35.5. The van der Waals surface area contributed by atoms with Gasteiger partial charge in [0, 0.05) is 102 Å². The first-order valence-electron chi connectivity index (χ1n) is 43.3. The van der Waals surface area contributed by atoms with E-state index in [9.17, 15) is 84.0 Å². The zero-order chi connectivity index (χ0) is 100. The van der Waals surface area contributed by atoms with E-state index in [2.05, 4.69) is 22.2 Å². The van der Waals surface area contributed by atoms with Gasteiger partial charge in [-0.15, -0.1) is 34.8 Å². The molecule has 15 N–H and O–H groups in total. The van der Waals surface area contributed by atoms with Crippen molar-refractivity contribution in [1.82, 2.24) is 20.4 Å². The fraction of sp³-hybridized carbons (Fsp3) is 0.366. The van der Waals surface area contributed by atoms with Gasteiger partial charge in [0.15, 0.2) is 11.6 Å². The van der Waals surface area contributed by atoms with E-state index in [1.807, 2.05) is 6.07 Å². The number of hydrogen-bond acceptors (Lipinski definition) is 27. The number of benzene rings is 9. The summed E-state index contributed by atoms with van der Waals surface area (Å²) in [5, 5.41) is 117. The van der Waals surface area contributed by atoms with Gasteiger partial charge in [0.2, 0.25) is 0 Å². The van der Waals surface area contributed by atoms with Crippen LogP contribution in [0.25, 0.3) is 0 Å². The molecule has 3 unspecified atom stereocenters. The number of Topliss-reactive ketones (excluding diaryl/α,β-unsaturated/α-hetero) is 2. The number of imide groups is 2. The molecule has 0 bridgehead atoms. The number of phenolic OH excluding ortho intramolecular Hbond substituents is 7. The van der Waals surface area contributed by atoms with Crippen molar-refractivity contribution in [2.75, 3.05) is 84.1 Å². The fourth-order valence-corrected chi connectivity index (χ4v) is 12.1. The molecular weight excluding hydrogens is 1800 g/mol. The molecule has 14 rings (SSSR count). The van der Waals surface area contributed by atoms with Crippen LogP contribution >= 0.6 is 34.8 Å². The number of halogens is 3. The second-order valence-electron chi connectivity index (χ2n) is 31.7. The van der Waals surface area contributed by atoms with E-state index in [0.717, 1.165) is 49.4 Å². The van der Waals surface area contributed by atoms with Crippen molar-refractivity contribution in [3.8, 4) is 46.3 Å². The van der Waals surface area contributed by atoms with Crippen LogP contribution in [-0.4, -0.2) is 215 Å². The summed E-state index contributed by atoms with van der Waals surface area (Å²) in [5.74, 6) is -1.15. The lowest BCUT2D eigenvalue weighted by molar-refractivity contribution is 0.0509. The summed E-state index contributed by atoms with van der Waals surface area (Å²) in [7, 11) is 0. The van der Waals surface area contributed by atoms with Crippen molar-refractivity contribution in [3.05, 3.63) is 280 Å². The lowest BCUT2D eigenvalue weighted by Gasteiger charge is -2.20. The Labute approximate surface area is 802 Å². The van der Waals surface area contributed by atoms with Crippen molar-refractivity contribution in [2.24, 2.45) is 5.73 Å². The Balaban J connectivity index is 0.000000396. The van der Waals surface area contributed by atoms with E-state index in [1.54, 1.807) is 187 Å². The summed E-state index contributed by atoms with van der Waals surface area (Å²) in [6, 6.07) is 59.0. The number of carbonyl (C=O) groups excluding carboxylic acids is 9. The number of alkyl halides is 3. The first-order chi connectivity index (χ1) is 64.4. The zero-order valence-electron chi connectivity index (χ0n) is 76.8. The van der Waals surface area contributed by atoms with E-state index in [-0.39, 0.29) is 126 Å². The predicted molar refractivity (Wildman–Crippen MR) is 514 cm³/mol. The molecule has 4 atom stereocenters. The number of nitriles is 1. The maximum atomic E-state index is 12.2. The number of aliphatic hydroxyl groups excluding tert-OH is 4. The van der Waals surface area contributed by atoms with Crippen LogP contribution < -0.4 is 16.4 Å². The Hall–Kier alpha value is -12.6. The lowest BCUT2D eigenvalue weighted by atomic mass is 10.1. The molecule has 5 aliphatic heterocycles. The number of nitrogens with one attached hydrogen (secondary N) is 2. The van der Waals surface area contributed by atoms with Gasteiger partial charge in [0.05, 0.1) is 64.5 Å². The Kier molecular flexibility index (Phi) is 56.3. The molecule has 9 aromatic carbocycles. The summed E-state index contributed by atoms with van der Waals surface area (Å²) in [6.45, 7) is 17.8. The number of fused-ring (bicyclic) bond motifs is 2. The minimum atomic E-state index is -0.851. The van der Waals surface area contributed by atoms with Crippen molar-refractivity contribution < 1.29 is 123 Å². The number of ketones is 2. The first-order valence-corrected chi connectivity index (χ1v) is 45.2. The van der Waals surface area contributed by atoms with Crippen LogP contribution in [0.15, 0.2) is 218 Å². The van der Waals surface area contributed by atoms with Gasteiger partial charge in [0.25, 0.3) is 23.6 Å². The molecule has 5 heterocycles. The second-order valence-corrected chi connectivity index (χ2v) is 32.5. The SMILES string of the molecule is C1CCOC1.C1CCOC1.C1CCOC1.CC(C)(C)OC(=O)NCCC(=O)c1cccc(O)c1.CC(C)(C)OC(=O)NCCC(O)c1cccc(O)c1.CCl.ClCCl.N#CCC(O)c1cccc(O)c1.NCCC(O)c1cccc(O)c1.O=C(CCN1C(=O)c2ccccc2C1=O)c1cccc(O)c1.O=C1c2ccccc2C(=O)N1CC[C@@H](O)c1cccc(O)c1.O=Cc1cccc(O)c1. The van der Waals surface area contributed by atoms with E-state index in [4.69, 9.17) is 73.2 Å². The molecule has 5 aliphatic rings. The highest BCUT2D eigenvalue weighted by Gasteiger charge is 2.37. The number of aliphatic hydroxyl groups is 4. The largest absolute Gasteiger partial charge is 0.508 e. The zero-order valence-corrected chi connectivity index (χ0v) is 79.1. The third-order valence-corrected chi connectivity index (χ3v) is 18.6. The highest BCUT2D eigenvalue weighted by Crippen LogP contribution is 2.29. The summed E-state index contributed by atoms with van der Waals surface area (Å²) in [5.41, 5.74) is 9.46. The third-order valence-electron chi connectivity index (χ3n) is 18.6. The van der Waals surface area contributed by atoms with Crippen LogP contribution in [0.5, 0.6) is 40.2 Å². The molecule has 0 aromatic heterocycles. The fourth-order valence-electron chi connectivity index (χ4n) is 12.1. The highest BCUT2D eigenvalue weighted by molar-refractivity contribution is 6.40. The van der Waals surface area contributed by atoms with Crippen molar-refractivity contribution in [1.29, 1.82) is 5.26 Å². The number of nitrogens with zero attached hydrogens (tertiary/aromatic N) is 3. The van der Waals surface area contributed by atoms with Gasteiger partial charge in [-0.25, -0.2) is 9.59 Å². The van der Waals surface area contributed by atoms with Crippen molar-refractivity contribution in [2.45, 2.75) is 154 Å². The normalized spacial score (nSPS) is 13.6. The average Bonchev–Trinajstić information content (AvgIpc) is 1.64. The minimum Gasteiger partial charge on any atom is -0.508 e. The van der Waals surface area contributed by atoms with Crippen molar-refractivity contribution in [3.63, 3.8) is 0 Å². The van der Waals surface area contributed by atoms with Crippen molar-refractivity contribution >= 4 is 88.5 Å². The molecule has 0 saturated carbocycles. The van der Waals surface area contributed by atoms with Gasteiger partial charge in [-0.05, 0) is 237 Å². The molecule has 3 saturated heterocycles. The molecule has 6 amide bonds. The number of aldehydes is 1. The second kappa shape index (κ2) is 65.2. The van der Waals surface area contributed by atoms with Crippen LogP contribution in [-0.2, 0) is 23.7 Å². The van der Waals surface area contributed by atoms with Gasteiger partial charge in [-0.1, -0.05) is 109 Å². The smallest absolute Gasteiger partial charge is 0.407 e. The molecule has 0 spiro atoms. The average molecular weight is 1930 g/mol. The summed E-state index contributed by atoms with van der Waals surface area (Å²) in [4.78, 5) is 108. The minimum absolute atomic E-state index is 0.00609. The number of alkyl carbamates (subject to hydrolysis) is 2. The molecular formula is C101H125Cl3N6O25. The summed E-state index contributed by atoms with van der Waals surface area (Å²) >= 11 is 14.2. The number of nitrogens with two attached hydrogens (primary N) is 1. The molecule has 135 heavy (non-hydrogen) atoms. The van der Waals surface area contributed by atoms with E-state index in [0.29, 0.717) is 93.4 Å². The maximum Gasteiger partial charge on any atom is 0.407 e. The molecule has 3 fully saturated rings. The molecule has 0 aliphatic carbocycles.